The first kappa shape index (κ1) is 12.9. The van der Waals surface area contributed by atoms with Gasteiger partial charge in [0.1, 0.15) is 0 Å². The second kappa shape index (κ2) is 4.47. The van der Waals surface area contributed by atoms with E-state index in [1.807, 2.05) is 30.3 Å². The number of carbonyl (C=O) groups excluding carboxylic acids is 2. The van der Waals surface area contributed by atoms with Crippen molar-refractivity contribution in [3.8, 4) is 0 Å². The van der Waals surface area contributed by atoms with Crippen LogP contribution < -0.4 is 10.6 Å². The third kappa shape index (κ3) is 2.22. The van der Waals surface area contributed by atoms with E-state index in [2.05, 4.69) is 24.5 Å². The van der Waals surface area contributed by atoms with Crippen LogP contribution in [0.4, 0.5) is 4.79 Å². The second-order valence-electron chi connectivity index (χ2n) is 6.28. The summed E-state index contributed by atoms with van der Waals surface area (Å²) in [6, 6.07) is 9.07. The maximum absolute atomic E-state index is 12.5. The molecule has 20 heavy (non-hydrogen) atoms. The van der Waals surface area contributed by atoms with E-state index in [4.69, 9.17) is 0 Å². The Labute approximate surface area is 118 Å². The number of urea groups is 1. The minimum atomic E-state index is -0.330. The Morgan fingerprint density at radius 2 is 1.80 bits per heavy atom. The van der Waals surface area contributed by atoms with Gasteiger partial charge in [-0.1, -0.05) is 44.2 Å². The molecule has 3 rings (SSSR count). The van der Waals surface area contributed by atoms with Crippen LogP contribution in [0.1, 0.15) is 38.3 Å². The maximum Gasteiger partial charge on any atom is 0.319 e. The summed E-state index contributed by atoms with van der Waals surface area (Å²) in [4.78, 5) is 24.3. The summed E-state index contributed by atoms with van der Waals surface area (Å²) < 4.78 is 0. The van der Waals surface area contributed by atoms with Gasteiger partial charge < -0.3 is 10.6 Å². The molecule has 1 aromatic carbocycles. The average molecular weight is 270 g/mol. The van der Waals surface area contributed by atoms with Crippen LogP contribution in [0.3, 0.4) is 0 Å². The predicted octanol–water partition coefficient (Wildman–Crippen LogP) is 2.68. The number of carbonyl (C=O) groups is 2. The summed E-state index contributed by atoms with van der Waals surface area (Å²) in [5, 5.41) is 5.67. The third-order valence-corrected chi connectivity index (χ3v) is 3.88. The van der Waals surface area contributed by atoms with Gasteiger partial charge in [-0.2, -0.15) is 0 Å². The van der Waals surface area contributed by atoms with Crippen molar-refractivity contribution in [2.24, 2.45) is 5.41 Å². The van der Waals surface area contributed by atoms with Crippen LogP contribution in [0.5, 0.6) is 0 Å². The largest absolute Gasteiger partial charge is 0.327 e. The summed E-state index contributed by atoms with van der Waals surface area (Å²) in [6.45, 7) is 4.11. The number of amides is 2. The van der Waals surface area contributed by atoms with Crippen LogP contribution in [0.15, 0.2) is 41.6 Å². The Morgan fingerprint density at radius 3 is 2.50 bits per heavy atom. The Hall–Kier alpha value is -2.10. The molecular weight excluding hydrogens is 252 g/mol. The van der Waals surface area contributed by atoms with Gasteiger partial charge in [-0.15, -0.1) is 0 Å². The van der Waals surface area contributed by atoms with Gasteiger partial charge in [0.15, 0.2) is 5.78 Å². The quantitative estimate of drug-likeness (QED) is 0.824. The van der Waals surface area contributed by atoms with Crippen LogP contribution in [0.25, 0.3) is 0 Å². The fourth-order valence-electron chi connectivity index (χ4n) is 3.05. The van der Waals surface area contributed by atoms with E-state index < -0.39 is 0 Å². The lowest BCUT2D eigenvalue weighted by atomic mass is 9.73. The predicted molar refractivity (Wildman–Crippen MR) is 75.9 cm³/mol. The number of ketones is 1. The molecule has 4 heteroatoms. The molecule has 1 aliphatic carbocycles. The molecule has 0 fully saturated rings. The summed E-state index contributed by atoms with van der Waals surface area (Å²) in [5.74, 6) is 0.123. The van der Waals surface area contributed by atoms with E-state index in [9.17, 15) is 9.59 Å². The van der Waals surface area contributed by atoms with Gasteiger partial charge in [-0.05, 0) is 17.4 Å². The van der Waals surface area contributed by atoms with E-state index in [1.54, 1.807) is 0 Å². The molecular formula is C16H18N2O2. The molecule has 0 unspecified atom stereocenters. The molecule has 4 nitrogen and oxygen atoms in total. The van der Waals surface area contributed by atoms with E-state index >= 15 is 0 Å². The van der Waals surface area contributed by atoms with Crippen LogP contribution in [-0.2, 0) is 4.79 Å². The van der Waals surface area contributed by atoms with E-state index in [1.165, 1.54) is 0 Å². The van der Waals surface area contributed by atoms with Gasteiger partial charge in [-0.3, -0.25) is 4.79 Å². The highest BCUT2D eigenvalue weighted by Gasteiger charge is 2.40. The normalized spacial score (nSPS) is 24.8. The summed E-state index contributed by atoms with van der Waals surface area (Å²) in [6.07, 6.45) is 1.25. The lowest BCUT2D eigenvalue weighted by Crippen LogP contribution is -2.48. The molecule has 1 atom stereocenters. The molecule has 1 aromatic rings. The summed E-state index contributed by atoms with van der Waals surface area (Å²) in [7, 11) is 0. The van der Waals surface area contributed by atoms with Crippen molar-refractivity contribution in [1.82, 2.24) is 10.6 Å². The molecule has 0 aromatic heterocycles. The standard InChI is InChI=1S/C16H18N2O2/c1-16(2)8-11-13(12(19)9-16)14(18-15(20)17-11)10-6-4-3-5-7-10/h3-7,14H,8-9H2,1-2H3,(H2,17,18,20)/t14-/m1/s1. The molecule has 2 amide bonds. The Balaban J connectivity index is 2.07. The molecule has 2 aliphatic rings. The number of hydrogen-bond acceptors (Lipinski definition) is 2. The lowest BCUT2D eigenvalue weighted by molar-refractivity contribution is -0.118. The number of nitrogens with one attached hydrogen (secondary N) is 2. The van der Waals surface area contributed by atoms with Crippen molar-refractivity contribution in [3.05, 3.63) is 47.2 Å². The number of Topliss-reactive ketones (excluding diaryl/α,β-unsaturated/α-hetero) is 1. The fourth-order valence-corrected chi connectivity index (χ4v) is 3.05. The highest BCUT2D eigenvalue weighted by molar-refractivity contribution is 6.01. The molecule has 0 bridgehead atoms. The lowest BCUT2D eigenvalue weighted by Gasteiger charge is -2.38. The van der Waals surface area contributed by atoms with Crippen molar-refractivity contribution in [3.63, 3.8) is 0 Å². The van der Waals surface area contributed by atoms with E-state index in [0.29, 0.717) is 6.42 Å². The van der Waals surface area contributed by atoms with Crippen molar-refractivity contribution in [2.75, 3.05) is 0 Å². The van der Waals surface area contributed by atoms with Crippen molar-refractivity contribution in [1.29, 1.82) is 0 Å². The summed E-state index contributed by atoms with van der Waals surface area (Å²) >= 11 is 0. The Bertz CT molecular complexity index is 602. The topological polar surface area (TPSA) is 58.2 Å². The smallest absolute Gasteiger partial charge is 0.319 e. The summed E-state index contributed by atoms with van der Waals surface area (Å²) in [5.41, 5.74) is 2.35. The first-order valence-corrected chi connectivity index (χ1v) is 6.85. The van der Waals surface area contributed by atoms with Crippen LogP contribution >= 0.6 is 0 Å². The molecule has 2 N–H and O–H groups in total. The van der Waals surface area contributed by atoms with Gasteiger partial charge in [0.25, 0.3) is 0 Å². The first-order valence-electron chi connectivity index (χ1n) is 6.85. The minimum Gasteiger partial charge on any atom is -0.327 e. The number of allylic oxidation sites excluding steroid dienone is 1. The Kier molecular flexibility index (Phi) is 2.89. The van der Waals surface area contributed by atoms with Crippen LogP contribution in [0.2, 0.25) is 0 Å². The molecule has 0 saturated carbocycles. The zero-order chi connectivity index (χ0) is 14.3. The highest BCUT2D eigenvalue weighted by atomic mass is 16.2. The SMILES string of the molecule is CC1(C)CC(=O)C2=C(C1)NC(=O)N[C@@H]2c1ccccc1. The molecule has 1 heterocycles. The maximum atomic E-state index is 12.5. The van der Waals surface area contributed by atoms with Gasteiger partial charge in [-0.25, -0.2) is 4.79 Å². The molecule has 1 aliphatic heterocycles. The molecule has 0 spiro atoms. The third-order valence-electron chi connectivity index (χ3n) is 3.88. The van der Waals surface area contributed by atoms with Crippen LogP contribution in [-0.4, -0.2) is 11.8 Å². The molecule has 104 valence electrons. The zero-order valence-corrected chi connectivity index (χ0v) is 11.7. The number of hydrogen-bond donors (Lipinski definition) is 2. The number of benzene rings is 1. The van der Waals surface area contributed by atoms with E-state index in [-0.39, 0.29) is 23.3 Å². The van der Waals surface area contributed by atoms with Crippen molar-refractivity contribution >= 4 is 11.8 Å². The minimum absolute atomic E-state index is 0.0955. The van der Waals surface area contributed by atoms with Gasteiger partial charge in [0.05, 0.1) is 6.04 Å². The average Bonchev–Trinajstić information content (AvgIpc) is 2.36. The van der Waals surface area contributed by atoms with Gasteiger partial charge >= 0.3 is 6.03 Å². The van der Waals surface area contributed by atoms with Crippen LogP contribution in [0, 0.1) is 5.41 Å². The Morgan fingerprint density at radius 1 is 1.10 bits per heavy atom. The molecule has 0 saturated heterocycles. The highest BCUT2D eigenvalue weighted by Crippen LogP contribution is 2.41. The van der Waals surface area contributed by atoms with Crippen molar-refractivity contribution < 1.29 is 9.59 Å². The second-order valence-corrected chi connectivity index (χ2v) is 6.28. The zero-order valence-electron chi connectivity index (χ0n) is 11.7. The van der Waals surface area contributed by atoms with E-state index in [0.717, 1.165) is 23.3 Å². The van der Waals surface area contributed by atoms with Gasteiger partial charge in [0.2, 0.25) is 0 Å². The number of rotatable bonds is 1. The fraction of sp³-hybridized carbons (Fsp3) is 0.375. The monoisotopic (exact) mass is 270 g/mol. The molecule has 0 radical (unpaired) electrons. The first-order chi connectivity index (χ1) is 9.46. The van der Waals surface area contributed by atoms with Gasteiger partial charge in [0, 0.05) is 17.7 Å². The van der Waals surface area contributed by atoms with Crippen molar-refractivity contribution in [2.45, 2.75) is 32.7 Å².